The molecule has 2 aliphatic carbocycles. The third kappa shape index (κ3) is 2.36. The van der Waals surface area contributed by atoms with Crippen LogP contribution < -0.4 is 5.73 Å². The van der Waals surface area contributed by atoms with E-state index in [1.165, 1.54) is 25.7 Å². The van der Waals surface area contributed by atoms with E-state index in [2.05, 4.69) is 6.92 Å². The Bertz CT molecular complexity index is 201. The van der Waals surface area contributed by atoms with Gasteiger partial charge in [0.1, 0.15) is 0 Å². The van der Waals surface area contributed by atoms with Gasteiger partial charge in [-0.3, -0.25) is 0 Å². The lowest BCUT2D eigenvalue weighted by Crippen LogP contribution is -2.51. The zero-order valence-corrected chi connectivity index (χ0v) is 9.87. The van der Waals surface area contributed by atoms with E-state index in [9.17, 15) is 5.11 Å². The summed E-state index contributed by atoms with van der Waals surface area (Å²) in [4.78, 5) is 0. The second-order valence-electron chi connectivity index (χ2n) is 5.82. The highest BCUT2D eigenvalue weighted by Gasteiger charge is 2.40. The molecule has 2 fully saturated rings. The summed E-state index contributed by atoms with van der Waals surface area (Å²) < 4.78 is 0. The first kappa shape index (κ1) is 11.4. The summed E-state index contributed by atoms with van der Waals surface area (Å²) in [5.74, 6) is 1.32. The molecule has 0 aromatic heterocycles. The lowest BCUT2D eigenvalue weighted by molar-refractivity contribution is 0.0222. The fourth-order valence-corrected chi connectivity index (χ4v) is 3.57. The van der Waals surface area contributed by atoms with Crippen LogP contribution in [-0.2, 0) is 5.11 Å². The predicted octanol–water partition coefficient (Wildman–Crippen LogP) is 2.88. The first-order chi connectivity index (χ1) is 7.10. The van der Waals surface area contributed by atoms with Crippen LogP contribution in [0, 0.1) is 11.8 Å². The van der Waals surface area contributed by atoms with Gasteiger partial charge in [-0.25, -0.2) is 5.11 Å². The molecule has 1 unspecified atom stereocenters. The first-order valence-electron chi connectivity index (χ1n) is 6.55. The largest absolute Gasteiger partial charge is 0.325 e. The average Bonchev–Trinajstić information content (AvgIpc) is 2.71. The van der Waals surface area contributed by atoms with Crippen molar-refractivity contribution in [2.24, 2.45) is 17.6 Å². The molecule has 1 atom stereocenters. The van der Waals surface area contributed by atoms with Crippen LogP contribution >= 0.6 is 0 Å². The molecule has 0 amide bonds. The lowest BCUT2D eigenvalue weighted by Gasteiger charge is -2.42. The van der Waals surface area contributed by atoms with Gasteiger partial charge in [0.15, 0.2) is 0 Å². The van der Waals surface area contributed by atoms with Gasteiger partial charge in [-0.15, -0.1) is 0 Å². The van der Waals surface area contributed by atoms with Crippen LogP contribution in [0.15, 0.2) is 0 Å². The highest BCUT2D eigenvalue weighted by molar-refractivity contribution is 4.96. The Labute approximate surface area is 93.2 Å². The van der Waals surface area contributed by atoms with E-state index in [4.69, 9.17) is 5.73 Å². The van der Waals surface area contributed by atoms with Crippen molar-refractivity contribution in [3.05, 3.63) is 0 Å². The van der Waals surface area contributed by atoms with Crippen molar-refractivity contribution in [2.75, 3.05) is 0 Å². The molecule has 0 spiro atoms. The zero-order chi connectivity index (χ0) is 10.9. The zero-order valence-electron chi connectivity index (χ0n) is 9.87. The summed E-state index contributed by atoms with van der Waals surface area (Å²) in [6.07, 6.45) is 8.86. The molecule has 0 aromatic rings. The normalized spacial score (nSPS) is 37.8. The summed E-state index contributed by atoms with van der Waals surface area (Å²) in [7, 11) is 0. The Morgan fingerprint density at radius 1 is 0.933 bits per heavy atom. The van der Waals surface area contributed by atoms with E-state index in [0.717, 1.165) is 25.7 Å². The molecule has 1 radical (unpaired) electrons. The van der Waals surface area contributed by atoms with E-state index >= 15 is 0 Å². The predicted molar refractivity (Wildman–Crippen MR) is 61.0 cm³/mol. The SMILES string of the molecule is CC(N)(C1CCCC1)C1CCC([O])CC1. The van der Waals surface area contributed by atoms with Gasteiger partial charge in [0.05, 0.1) is 6.10 Å². The molecule has 87 valence electrons. The van der Waals surface area contributed by atoms with Crippen LogP contribution in [0.25, 0.3) is 0 Å². The minimum absolute atomic E-state index is 0.00333. The average molecular weight is 210 g/mol. The molecule has 0 bridgehead atoms. The maximum Gasteiger partial charge on any atom is 0.0930 e. The summed E-state index contributed by atoms with van der Waals surface area (Å²) in [6, 6.07) is 0. The fraction of sp³-hybridized carbons (Fsp3) is 1.00. The fourth-order valence-electron chi connectivity index (χ4n) is 3.57. The smallest absolute Gasteiger partial charge is 0.0930 e. The molecule has 0 heterocycles. The molecule has 2 nitrogen and oxygen atoms in total. The quantitative estimate of drug-likeness (QED) is 0.748. The van der Waals surface area contributed by atoms with E-state index < -0.39 is 0 Å². The van der Waals surface area contributed by atoms with Crippen LogP contribution in [0.4, 0.5) is 0 Å². The van der Waals surface area contributed by atoms with Crippen molar-refractivity contribution in [1.29, 1.82) is 0 Å². The molecule has 15 heavy (non-hydrogen) atoms. The first-order valence-corrected chi connectivity index (χ1v) is 6.55. The van der Waals surface area contributed by atoms with Crippen molar-refractivity contribution in [1.82, 2.24) is 0 Å². The maximum atomic E-state index is 11.3. The molecule has 2 saturated carbocycles. The number of hydrogen-bond acceptors (Lipinski definition) is 1. The molecule has 0 aliphatic heterocycles. The monoisotopic (exact) mass is 210 g/mol. The molecule has 0 saturated heterocycles. The Morgan fingerprint density at radius 2 is 1.40 bits per heavy atom. The summed E-state index contributed by atoms with van der Waals surface area (Å²) in [6.45, 7) is 2.23. The Kier molecular flexibility index (Phi) is 3.36. The second-order valence-corrected chi connectivity index (χ2v) is 5.82. The Hall–Kier alpha value is -0.0800. The van der Waals surface area contributed by atoms with E-state index in [1.807, 2.05) is 0 Å². The van der Waals surface area contributed by atoms with Crippen molar-refractivity contribution in [2.45, 2.75) is 69.9 Å². The molecule has 2 rings (SSSR count). The molecule has 2 N–H and O–H groups in total. The van der Waals surface area contributed by atoms with Gasteiger partial charge in [-0.1, -0.05) is 12.8 Å². The molecular weight excluding hydrogens is 186 g/mol. The van der Waals surface area contributed by atoms with Gasteiger partial charge in [0.2, 0.25) is 0 Å². The molecular formula is C13H24NO. The van der Waals surface area contributed by atoms with Crippen molar-refractivity contribution >= 4 is 0 Å². The van der Waals surface area contributed by atoms with Gasteiger partial charge in [-0.05, 0) is 57.3 Å². The molecule has 2 aliphatic rings. The van der Waals surface area contributed by atoms with Crippen molar-refractivity contribution < 1.29 is 5.11 Å². The summed E-state index contributed by atoms with van der Waals surface area (Å²) in [5, 5.41) is 11.3. The van der Waals surface area contributed by atoms with Crippen molar-refractivity contribution in [3.63, 3.8) is 0 Å². The second kappa shape index (κ2) is 4.42. The topological polar surface area (TPSA) is 45.9 Å². The minimum Gasteiger partial charge on any atom is -0.325 e. The van der Waals surface area contributed by atoms with Crippen LogP contribution in [0.2, 0.25) is 0 Å². The highest BCUT2D eigenvalue weighted by atomic mass is 16.3. The molecule has 0 aromatic carbocycles. The van der Waals surface area contributed by atoms with E-state index in [-0.39, 0.29) is 11.6 Å². The molecule has 2 heteroatoms. The highest BCUT2D eigenvalue weighted by Crippen LogP contribution is 2.41. The van der Waals surface area contributed by atoms with Crippen LogP contribution in [0.3, 0.4) is 0 Å². The van der Waals surface area contributed by atoms with Gasteiger partial charge in [0.25, 0.3) is 0 Å². The minimum atomic E-state index is -0.305. The van der Waals surface area contributed by atoms with Gasteiger partial charge < -0.3 is 5.73 Å². The number of nitrogens with two attached hydrogens (primary N) is 1. The van der Waals surface area contributed by atoms with Crippen LogP contribution in [0.5, 0.6) is 0 Å². The van der Waals surface area contributed by atoms with Gasteiger partial charge >= 0.3 is 0 Å². The third-order valence-corrected chi connectivity index (χ3v) is 4.79. The van der Waals surface area contributed by atoms with E-state index in [1.54, 1.807) is 0 Å². The Morgan fingerprint density at radius 3 is 1.93 bits per heavy atom. The van der Waals surface area contributed by atoms with Crippen LogP contribution in [0.1, 0.15) is 58.3 Å². The third-order valence-electron chi connectivity index (χ3n) is 4.79. The van der Waals surface area contributed by atoms with Crippen LogP contribution in [-0.4, -0.2) is 11.6 Å². The summed E-state index contributed by atoms with van der Waals surface area (Å²) >= 11 is 0. The van der Waals surface area contributed by atoms with Gasteiger partial charge in [-0.2, -0.15) is 0 Å². The van der Waals surface area contributed by atoms with Crippen molar-refractivity contribution in [3.8, 4) is 0 Å². The maximum absolute atomic E-state index is 11.3. The summed E-state index contributed by atoms with van der Waals surface area (Å²) in [5.41, 5.74) is 6.54. The van der Waals surface area contributed by atoms with Gasteiger partial charge in [0, 0.05) is 5.54 Å². The Balaban J connectivity index is 1.95. The standard InChI is InChI=1S/C13H24NO/c1-13(14,10-4-2-3-5-10)11-6-8-12(15)9-7-11/h10-12H,2-9,14H2,1H3. The number of rotatable bonds is 2. The lowest BCUT2D eigenvalue weighted by atomic mass is 9.69. The number of hydrogen-bond donors (Lipinski definition) is 1. The van der Waals surface area contributed by atoms with E-state index in [0.29, 0.717) is 11.8 Å².